The first-order valence-electron chi connectivity index (χ1n) is 7.66. The number of hydrogen-bond donors (Lipinski definition) is 2. The number of benzene rings is 2. The highest BCUT2D eigenvalue weighted by Crippen LogP contribution is 2.50. The topological polar surface area (TPSA) is 55.3 Å². The van der Waals surface area contributed by atoms with Crippen molar-refractivity contribution in [3.05, 3.63) is 41.0 Å². The summed E-state index contributed by atoms with van der Waals surface area (Å²) in [4.78, 5) is 0. The number of nitrogens with two attached hydrogens (primary N) is 1. The van der Waals surface area contributed by atoms with Crippen molar-refractivity contribution < 1.29 is 19.9 Å². The summed E-state index contributed by atoms with van der Waals surface area (Å²) in [6, 6.07) is 8.17. The second-order valence-electron chi connectivity index (χ2n) is 5.99. The minimum atomic E-state index is 0.288. The lowest BCUT2D eigenvalue weighted by Crippen LogP contribution is -2.87. The number of ether oxygens (including phenoxy) is 2. The summed E-state index contributed by atoms with van der Waals surface area (Å²) in [6.45, 7) is 1.10. The highest BCUT2D eigenvalue weighted by molar-refractivity contribution is 5.83. The lowest BCUT2D eigenvalue weighted by atomic mass is 9.77. The Morgan fingerprint density at radius 3 is 2.77 bits per heavy atom. The molecule has 0 spiro atoms. The van der Waals surface area contributed by atoms with Gasteiger partial charge in [-0.1, -0.05) is 6.07 Å². The number of hydrogen-bond acceptors (Lipinski definition) is 3. The molecule has 114 valence electrons. The maximum atomic E-state index is 9.93. The summed E-state index contributed by atoms with van der Waals surface area (Å²) < 4.78 is 11.2. The molecule has 1 aliphatic carbocycles. The van der Waals surface area contributed by atoms with Gasteiger partial charge in [0.25, 0.3) is 0 Å². The Morgan fingerprint density at radius 1 is 1.14 bits per heavy atom. The number of rotatable bonds is 2. The van der Waals surface area contributed by atoms with E-state index in [9.17, 15) is 5.11 Å². The van der Waals surface area contributed by atoms with Gasteiger partial charge < -0.3 is 19.9 Å². The molecule has 4 nitrogen and oxygen atoms in total. The van der Waals surface area contributed by atoms with E-state index in [0.717, 1.165) is 42.0 Å². The maximum absolute atomic E-state index is 9.93. The first-order chi connectivity index (χ1) is 10.7. The van der Waals surface area contributed by atoms with E-state index in [1.54, 1.807) is 20.3 Å². The number of quaternary nitrogens is 1. The minimum absolute atomic E-state index is 0.288. The molecule has 1 aliphatic heterocycles. The minimum Gasteiger partial charge on any atom is -0.508 e. The van der Waals surface area contributed by atoms with Crippen LogP contribution in [0.4, 0.5) is 0 Å². The number of phenols is 1. The van der Waals surface area contributed by atoms with Crippen LogP contribution < -0.4 is 14.8 Å². The molecule has 22 heavy (non-hydrogen) atoms. The van der Waals surface area contributed by atoms with Crippen LogP contribution in [0.2, 0.25) is 0 Å². The molecular weight excluding hydrogens is 278 g/mol. The van der Waals surface area contributed by atoms with E-state index in [1.165, 1.54) is 16.7 Å². The van der Waals surface area contributed by atoms with Crippen LogP contribution in [-0.4, -0.2) is 25.9 Å². The van der Waals surface area contributed by atoms with E-state index in [0.29, 0.717) is 6.04 Å². The lowest BCUT2D eigenvalue weighted by Gasteiger charge is -2.33. The van der Waals surface area contributed by atoms with Crippen LogP contribution >= 0.6 is 0 Å². The average molecular weight is 298 g/mol. The third kappa shape index (κ3) is 1.80. The fourth-order valence-electron chi connectivity index (χ4n) is 3.92. The molecule has 0 aromatic heterocycles. The Morgan fingerprint density at radius 2 is 2.00 bits per heavy atom. The lowest BCUT2D eigenvalue weighted by molar-refractivity contribution is -0.698. The predicted octanol–water partition coefficient (Wildman–Crippen LogP) is 1.79. The van der Waals surface area contributed by atoms with Crippen LogP contribution in [-0.2, 0) is 12.8 Å². The maximum Gasteiger partial charge on any atom is 0.169 e. The van der Waals surface area contributed by atoms with Crippen molar-refractivity contribution in [2.45, 2.75) is 18.9 Å². The largest absolute Gasteiger partial charge is 0.508 e. The van der Waals surface area contributed by atoms with E-state index in [2.05, 4.69) is 11.4 Å². The Bertz CT molecular complexity index is 754. The average Bonchev–Trinajstić information content (AvgIpc) is 2.55. The van der Waals surface area contributed by atoms with E-state index >= 15 is 0 Å². The Balaban J connectivity index is 2.09. The van der Waals surface area contributed by atoms with E-state index in [1.807, 2.05) is 12.1 Å². The highest BCUT2D eigenvalue weighted by Gasteiger charge is 2.36. The van der Waals surface area contributed by atoms with Crippen LogP contribution in [0.3, 0.4) is 0 Å². The SMILES string of the molecule is COc1cc2c3c(c1OC)-c1cc(O)ccc1C[C@H]3[NH2+]CC2. The summed E-state index contributed by atoms with van der Waals surface area (Å²) in [5, 5.41) is 12.3. The molecule has 0 bridgehead atoms. The van der Waals surface area contributed by atoms with Gasteiger partial charge >= 0.3 is 0 Å². The Kier molecular flexibility index (Phi) is 3.01. The monoisotopic (exact) mass is 298 g/mol. The highest BCUT2D eigenvalue weighted by atomic mass is 16.5. The number of aromatic hydroxyl groups is 1. The molecule has 0 amide bonds. The van der Waals surface area contributed by atoms with Gasteiger partial charge in [-0.15, -0.1) is 0 Å². The smallest absolute Gasteiger partial charge is 0.169 e. The molecule has 1 heterocycles. The summed E-state index contributed by atoms with van der Waals surface area (Å²) >= 11 is 0. The first kappa shape index (κ1) is 13.5. The first-order valence-corrected chi connectivity index (χ1v) is 7.66. The second kappa shape index (κ2) is 4.92. The fourth-order valence-corrected chi connectivity index (χ4v) is 3.92. The zero-order valence-electron chi connectivity index (χ0n) is 12.8. The van der Waals surface area contributed by atoms with Gasteiger partial charge in [0.2, 0.25) is 0 Å². The van der Waals surface area contributed by atoms with Gasteiger partial charge in [0, 0.05) is 24.0 Å². The van der Waals surface area contributed by atoms with Crippen molar-refractivity contribution in [3.63, 3.8) is 0 Å². The normalized spacial score (nSPS) is 18.4. The van der Waals surface area contributed by atoms with E-state index in [4.69, 9.17) is 9.47 Å². The van der Waals surface area contributed by atoms with Gasteiger partial charge in [0.05, 0.1) is 20.8 Å². The molecule has 2 aromatic rings. The number of fused-ring (bicyclic) bond motifs is 2. The van der Waals surface area contributed by atoms with Gasteiger partial charge in [-0.2, -0.15) is 0 Å². The van der Waals surface area contributed by atoms with Gasteiger partial charge in [-0.25, -0.2) is 0 Å². The van der Waals surface area contributed by atoms with Crippen LogP contribution in [0.5, 0.6) is 17.2 Å². The molecule has 1 atom stereocenters. The van der Waals surface area contributed by atoms with E-state index in [-0.39, 0.29) is 5.75 Å². The quantitative estimate of drug-likeness (QED) is 0.889. The molecule has 3 N–H and O–H groups in total. The summed E-state index contributed by atoms with van der Waals surface area (Å²) in [5.41, 5.74) is 6.11. The summed E-state index contributed by atoms with van der Waals surface area (Å²) in [6.07, 6.45) is 2.03. The zero-order valence-corrected chi connectivity index (χ0v) is 12.8. The second-order valence-corrected chi connectivity index (χ2v) is 5.99. The van der Waals surface area contributed by atoms with Crippen molar-refractivity contribution >= 4 is 0 Å². The van der Waals surface area contributed by atoms with E-state index < -0.39 is 0 Å². The molecule has 0 fully saturated rings. The predicted molar refractivity (Wildman–Crippen MR) is 83.6 cm³/mol. The molecular formula is C18H20NO3+. The van der Waals surface area contributed by atoms with Gasteiger partial charge in [-0.3, -0.25) is 0 Å². The van der Waals surface area contributed by atoms with Crippen molar-refractivity contribution in [2.24, 2.45) is 0 Å². The zero-order chi connectivity index (χ0) is 15.3. The molecule has 0 unspecified atom stereocenters. The molecule has 4 heteroatoms. The van der Waals surface area contributed by atoms with Crippen LogP contribution in [0, 0.1) is 0 Å². The Hall–Kier alpha value is -2.20. The summed E-state index contributed by atoms with van der Waals surface area (Å²) in [5.74, 6) is 1.83. The third-order valence-corrected chi connectivity index (χ3v) is 4.83. The van der Waals surface area contributed by atoms with Crippen LogP contribution in [0.15, 0.2) is 24.3 Å². The molecule has 2 aliphatic rings. The molecule has 4 rings (SSSR count). The Labute approximate surface area is 129 Å². The van der Waals surface area contributed by atoms with Crippen LogP contribution in [0.25, 0.3) is 11.1 Å². The van der Waals surface area contributed by atoms with Crippen molar-refractivity contribution in [3.8, 4) is 28.4 Å². The number of phenolic OH excluding ortho intramolecular Hbond substituents is 1. The standard InChI is InChI=1S/C18H19NO3/c1-21-15-8-11-5-6-19-14-7-10-3-4-12(20)9-13(10)17(16(11)14)18(15)22-2/h3-4,8-9,14,19-20H,5-7H2,1-2H3/p+1/t14-/m1/s1. The van der Waals surface area contributed by atoms with Crippen LogP contribution in [0.1, 0.15) is 22.7 Å². The molecule has 0 radical (unpaired) electrons. The van der Waals surface area contributed by atoms with Gasteiger partial charge in [-0.05, 0) is 34.9 Å². The fraction of sp³-hybridized carbons (Fsp3) is 0.333. The molecule has 2 aromatic carbocycles. The molecule has 0 saturated carbocycles. The third-order valence-electron chi connectivity index (χ3n) is 4.83. The van der Waals surface area contributed by atoms with Gasteiger partial charge in [0.1, 0.15) is 11.8 Å². The number of methoxy groups -OCH3 is 2. The van der Waals surface area contributed by atoms with Crippen molar-refractivity contribution in [2.75, 3.05) is 20.8 Å². The van der Waals surface area contributed by atoms with Crippen molar-refractivity contribution in [1.82, 2.24) is 0 Å². The molecule has 0 saturated heterocycles. The van der Waals surface area contributed by atoms with Crippen molar-refractivity contribution in [1.29, 1.82) is 0 Å². The van der Waals surface area contributed by atoms with Gasteiger partial charge in [0.15, 0.2) is 11.5 Å². The summed E-state index contributed by atoms with van der Waals surface area (Å²) in [7, 11) is 3.36.